The van der Waals surface area contributed by atoms with Crippen molar-refractivity contribution in [3.8, 4) is 0 Å². The van der Waals surface area contributed by atoms with Gasteiger partial charge in [-0.1, -0.05) is 24.3 Å². The summed E-state index contributed by atoms with van der Waals surface area (Å²) in [7, 11) is 0. The number of hydrogen-bond donors (Lipinski definition) is 3. The first kappa shape index (κ1) is 19.5. The number of thiocarbonyl (C=S) groups is 1. The number of carbonyl (C=O) groups is 1. The number of rotatable bonds is 4. The molecule has 0 saturated heterocycles. The van der Waals surface area contributed by atoms with Crippen LogP contribution in [0.4, 0.5) is 21.5 Å². The molecule has 142 valence electrons. The lowest BCUT2D eigenvalue weighted by Gasteiger charge is -2.16. The van der Waals surface area contributed by atoms with Gasteiger partial charge in [-0.05, 0) is 79.7 Å². The number of hydrogen-bond acceptors (Lipinski definition) is 2. The maximum Gasteiger partial charge on any atom is 0.257 e. The summed E-state index contributed by atoms with van der Waals surface area (Å²) in [5.41, 5.74) is 4.69. The summed E-state index contributed by atoms with van der Waals surface area (Å²) >= 11 is 5.42. The third kappa shape index (κ3) is 4.72. The predicted octanol–water partition coefficient (Wildman–Crippen LogP) is 5.50. The van der Waals surface area contributed by atoms with Crippen LogP contribution in [0, 0.1) is 19.7 Å². The Kier molecular flexibility index (Phi) is 6.01. The Hall–Kier alpha value is -3.25. The van der Waals surface area contributed by atoms with Crippen molar-refractivity contribution in [3.63, 3.8) is 0 Å². The molecule has 4 nitrogen and oxygen atoms in total. The highest BCUT2D eigenvalue weighted by Crippen LogP contribution is 2.21. The fourth-order valence-electron chi connectivity index (χ4n) is 2.68. The van der Waals surface area contributed by atoms with Crippen LogP contribution in [0.25, 0.3) is 0 Å². The lowest BCUT2D eigenvalue weighted by molar-refractivity contribution is 0.102. The zero-order valence-corrected chi connectivity index (χ0v) is 16.4. The Morgan fingerprint density at radius 2 is 1.46 bits per heavy atom. The first-order valence-electron chi connectivity index (χ1n) is 8.74. The summed E-state index contributed by atoms with van der Waals surface area (Å²) in [6.07, 6.45) is 0. The van der Waals surface area contributed by atoms with Gasteiger partial charge in [-0.3, -0.25) is 4.79 Å². The number of carbonyl (C=O) groups excluding carboxylic acids is 1. The third-order valence-electron chi connectivity index (χ3n) is 4.37. The van der Waals surface area contributed by atoms with E-state index in [0.29, 0.717) is 22.1 Å². The highest BCUT2D eigenvalue weighted by atomic mass is 32.1. The van der Waals surface area contributed by atoms with E-state index in [1.165, 1.54) is 24.3 Å². The fourth-order valence-corrected chi connectivity index (χ4v) is 2.90. The number of aryl methyl sites for hydroxylation is 1. The Bertz CT molecular complexity index is 1020. The molecule has 0 unspecified atom stereocenters. The summed E-state index contributed by atoms with van der Waals surface area (Å²) in [5.74, 6) is -0.674. The van der Waals surface area contributed by atoms with E-state index in [2.05, 4.69) is 16.0 Å². The minimum Gasteiger partial charge on any atom is -0.332 e. The highest BCUT2D eigenvalue weighted by molar-refractivity contribution is 7.80. The van der Waals surface area contributed by atoms with Gasteiger partial charge >= 0.3 is 0 Å². The van der Waals surface area contributed by atoms with Crippen LogP contribution in [0.15, 0.2) is 66.7 Å². The van der Waals surface area contributed by atoms with Crippen molar-refractivity contribution in [2.24, 2.45) is 0 Å². The van der Waals surface area contributed by atoms with Gasteiger partial charge in [0.1, 0.15) is 5.82 Å². The number of para-hydroxylation sites is 1. The number of nitrogens with one attached hydrogen (secondary N) is 3. The van der Waals surface area contributed by atoms with Crippen LogP contribution in [-0.4, -0.2) is 11.0 Å². The maximum atomic E-state index is 13.0. The molecule has 0 bridgehead atoms. The number of amides is 1. The molecule has 0 atom stereocenters. The van der Waals surface area contributed by atoms with Gasteiger partial charge in [0.2, 0.25) is 0 Å². The molecule has 0 saturated carbocycles. The van der Waals surface area contributed by atoms with Crippen molar-refractivity contribution >= 4 is 40.3 Å². The second-order valence-electron chi connectivity index (χ2n) is 6.33. The first-order valence-corrected chi connectivity index (χ1v) is 9.15. The number of benzene rings is 3. The molecule has 0 heterocycles. The second kappa shape index (κ2) is 8.63. The molecule has 6 heteroatoms. The van der Waals surface area contributed by atoms with E-state index in [4.69, 9.17) is 12.2 Å². The van der Waals surface area contributed by atoms with Gasteiger partial charge < -0.3 is 16.0 Å². The lowest BCUT2D eigenvalue weighted by atomic mass is 10.1. The average molecular weight is 393 g/mol. The monoisotopic (exact) mass is 393 g/mol. The molecule has 3 aromatic rings. The Morgan fingerprint density at radius 1 is 0.821 bits per heavy atom. The van der Waals surface area contributed by atoms with E-state index < -0.39 is 0 Å². The van der Waals surface area contributed by atoms with Crippen LogP contribution in [0.1, 0.15) is 21.5 Å². The molecular formula is C22H20FN3OS. The third-order valence-corrected chi connectivity index (χ3v) is 4.58. The summed E-state index contributed by atoms with van der Waals surface area (Å²) in [4.78, 5) is 12.6. The SMILES string of the molecule is Cc1cccc(NC(=S)Nc2ccccc2C(=O)Nc2ccc(F)cc2)c1C. The molecule has 3 aromatic carbocycles. The molecular weight excluding hydrogens is 373 g/mol. The van der Waals surface area contributed by atoms with Crippen LogP contribution in [0.3, 0.4) is 0 Å². The summed E-state index contributed by atoms with van der Waals surface area (Å²) in [6, 6.07) is 18.6. The fraction of sp³-hybridized carbons (Fsp3) is 0.0909. The van der Waals surface area contributed by atoms with Crippen molar-refractivity contribution < 1.29 is 9.18 Å². The highest BCUT2D eigenvalue weighted by Gasteiger charge is 2.13. The van der Waals surface area contributed by atoms with E-state index in [1.54, 1.807) is 18.2 Å². The van der Waals surface area contributed by atoms with Crippen LogP contribution < -0.4 is 16.0 Å². The molecule has 1 amide bonds. The van der Waals surface area contributed by atoms with E-state index in [-0.39, 0.29) is 11.7 Å². The molecule has 3 N–H and O–H groups in total. The zero-order valence-electron chi connectivity index (χ0n) is 15.5. The Balaban J connectivity index is 1.74. The predicted molar refractivity (Wildman–Crippen MR) is 117 cm³/mol. The van der Waals surface area contributed by atoms with Crippen LogP contribution in [0.5, 0.6) is 0 Å². The normalized spacial score (nSPS) is 10.2. The van der Waals surface area contributed by atoms with Gasteiger partial charge in [0.25, 0.3) is 5.91 Å². The lowest BCUT2D eigenvalue weighted by Crippen LogP contribution is -2.22. The van der Waals surface area contributed by atoms with Gasteiger partial charge in [-0.25, -0.2) is 4.39 Å². The minimum atomic E-state index is -0.358. The van der Waals surface area contributed by atoms with Crippen molar-refractivity contribution in [1.82, 2.24) is 0 Å². The molecule has 0 aliphatic heterocycles. The summed E-state index contributed by atoms with van der Waals surface area (Å²) in [5, 5.41) is 9.39. The molecule has 0 aromatic heterocycles. The maximum absolute atomic E-state index is 13.0. The average Bonchev–Trinajstić information content (AvgIpc) is 2.67. The smallest absolute Gasteiger partial charge is 0.257 e. The first-order chi connectivity index (χ1) is 13.4. The Labute approximate surface area is 168 Å². The molecule has 3 rings (SSSR count). The van der Waals surface area contributed by atoms with Crippen LogP contribution >= 0.6 is 12.2 Å². The van der Waals surface area contributed by atoms with Crippen molar-refractivity contribution in [3.05, 3.63) is 89.2 Å². The molecule has 0 radical (unpaired) electrons. The molecule has 0 aliphatic rings. The van der Waals surface area contributed by atoms with Gasteiger partial charge in [0.05, 0.1) is 11.3 Å². The largest absolute Gasteiger partial charge is 0.332 e. The van der Waals surface area contributed by atoms with Gasteiger partial charge in [-0.15, -0.1) is 0 Å². The second-order valence-corrected chi connectivity index (χ2v) is 6.74. The van der Waals surface area contributed by atoms with E-state index in [0.717, 1.165) is 16.8 Å². The quantitative estimate of drug-likeness (QED) is 0.512. The minimum absolute atomic E-state index is 0.316. The van der Waals surface area contributed by atoms with Crippen molar-refractivity contribution in [1.29, 1.82) is 0 Å². The molecule has 0 spiro atoms. The number of anilines is 3. The molecule has 0 aliphatic carbocycles. The number of halogens is 1. The summed E-state index contributed by atoms with van der Waals surface area (Å²) in [6.45, 7) is 4.05. The molecule has 28 heavy (non-hydrogen) atoms. The topological polar surface area (TPSA) is 53.2 Å². The van der Waals surface area contributed by atoms with Gasteiger partial charge in [0, 0.05) is 11.4 Å². The van der Waals surface area contributed by atoms with Crippen LogP contribution in [-0.2, 0) is 0 Å². The van der Waals surface area contributed by atoms with Crippen LogP contribution in [0.2, 0.25) is 0 Å². The van der Waals surface area contributed by atoms with E-state index in [1.807, 2.05) is 38.1 Å². The summed E-state index contributed by atoms with van der Waals surface area (Å²) < 4.78 is 13.0. The van der Waals surface area contributed by atoms with Crippen molar-refractivity contribution in [2.75, 3.05) is 16.0 Å². The zero-order chi connectivity index (χ0) is 20.1. The Morgan fingerprint density at radius 3 is 2.21 bits per heavy atom. The standard InChI is InChI=1S/C22H20FN3OS/c1-14-6-5-9-19(15(14)2)25-22(28)26-20-8-4-3-7-18(20)21(27)24-17-12-10-16(23)11-13-17/h3-13H,1-2H3,(H,24,27)(H2,25,26,28). The van der Waals surface area contributed by atoms with Gasteiger partial charge in [0.15, 0.2) is 5.11 Å². The van der Waals surface area contributed by atoms with E-state index in [9.17, 15) is 9.18 Å². The molecule has 0 fully saturated rings. The van der Waals surface area contributed by atoms with Gasteiger partial charge in [-0.2, -0.15) is 0 Å². The van der Waals surface area contributed by atoms with Crippen molar-refractivity contribution in [2.45, 2.75) is 13.8 Å². The van der Waals surface area contributed by atoms with E-state index >= 15 is 0 Å².